The summed E-state index contributed by atoms with van der Waals surface area (Å²) in [6.45, 7) is 4.19. The molecule has 0 spiro atoms. The first kappa shape index (κ1) is 14.5. The predicted octanol–water partition coefficient (Wildman–Crippen LogP) is 2.29. The Labute approximate surface area is 116 Å². The predicted molar refractivity (Wildman–Crippen MR) is 77.2 cm³/mol. The lowest BCUT2D eigenvalue weighted by Gasteiger charge is -2.29. The molecule has 0 radical (unpaired) electrons. The molecule has 1 aromatic heterocycles. The number of nitrogens with one attached hydrogen (secondary N) is 1. The van der Waals surface area contributed by atoms with E-state index < -0.39 is 0 Å². The van der Waals surface area contributed by atoms with Gasteiger partial charge >= 0.3 is 0 Å². The molecule has 1 saturated carbocycles. The third-order valence-electron chi connectivity index (χ3n) is 3.99. The quantitative estimate of drug-likeness (QED) is 0.822. The summed E-state index contributed by atoms with van der Waals surface area (Å²) in [7, 11) is 1.99. The maximum atomic E-state index is 6.00. The maximum absolute atomic E-state index is 6.00. The standard InChI is InChI=1S/C15H27N3O/c1-3-10-16-13-4-6-15(7-5-13)19-12-9-14-8-11-17-18(14)2/h8,11,13,15-16H,3-7,9-10,12H2,1-2H3. The Morgan fingerprint density at radius 1 is 1.37 bits per heavy atom. The van der Waals surface area contributed by atoms with Crippen LogP contribution in [0, 0.1) is 0 Å². The molecule has 0 unspecified atom stereocenters. The van der Waals surface area contributed by atoms with Crippen molar-refractivity contribution in [3.05, 3.63) is 18.0 Å². The number of hydrogen-bond acceptors (Lipinski definition) is 3. The van der Waals surface area contributed by atoms with Crippen molar-refractivity contribution in [2.75, 3.05) is 13.2 Å². The van der Waals surface area contributed by atoms with Gasteiger partial charge in [-0.15, -0.1) is 0 Å². The zero-order chi connectivity index (χ0) is 13.5. The number of aryl methyl sites for hydroxylation is 1. The highest BCUT2D eigenvalue weighted by atomic mass is 16.5. The van der Waals surface area contributed by atoms with Crippen LogP contribution >= 0.6 is 0 Å². The lowest BCUT2D eigenvalue weighted by atomic mass is 9.93. The summed E-state index contributed by atoms with van der Waals surface area (Å²) in [5, 5.41) is 7.78. The van der Waals surface area contributed by atoms with E-state index >= 15 is 0 Å². The van der Waals surface area contributed by atoms with E-state index in [0.29, 0.717) is 6.10 Å². The van der Waals surface area contributed by atoms with E-state index in [4.69, 9.17) is 4.74 Å². The molecule has 0 aliphatic heterocycles. The topological polar surface area (TPSA) is 39.1 Å². The summed E-state index contributed by atoms with van der Waals surface area (Å²) >= 11 is 0. The molecule has 1 aromatic rings. The van der Waals surface area contributed by atoms with Gasteiger partial charge in [0.05, 0.1) is 12.7 Å². The molecule has 108 valence electrons. The first-order valence-corrected chi connectivity index (χ1v) is 7.61. The van der Waals surface area contributed by atoms with E-state index in [9.17, 15) is 0 Å². The van der Waals surface area contributed by atoms with Crippen LogP contribution in [0.5, 0.6) is 0 Å². The number of hydrogen-bond donors (Lipinski definition) is 1. The zero-order valence-corrected chi connectivity index (χ0v) is 12.3. The highest BCUT2D eigenvalue weighted by Crippen LogP contribution is 2.21. The van der Waals surface area contributed by atoms with Gasteiger partial charge in [0.1, 0.15) is 0 Å². The average molecular weight is 265 g/mol. The van der Waals surface area contributed by atoms with Gasteiger partial charge in [-0.1, -0.05) is 6.92 Å². The van der Waals surface area contributed by atoms with Crippen LogP contribution in [0.25, 0.3) is 0 Å². The van der Waals surface area contributed by atoms with Crippen molar-refractivity contribution >= 4 is 0 Å². The number of aromatic nitrogens is 2. The van der Waals surface area contributed by atoms with Gasteiger partial charge in [-0.05, 0) is 44.7 Å². The van der Waals surface area contributed by atoms with E-state index in [1.54, 1.807) is 0 Å². The first-order chi connectivity index (χ1) is 9.29. The van der Waals surface area contributed by atoms with Gasteiger partial charge in [0, 0.05) is 31.4 Å². The fourth-order valence-electron chi connectivity index (χ4n) is 2.76. The molecule has 1 N–H and O–H groups in total. The van der Waals surface area contributed by atoms with Crippen molar-refractivity contribution in [2.24, 2.45) is 7.05 Å². The fourth-order valence-corrected chi connectivity index (χ4v) is 2.76. The van der Waals surface area contributed by atoms with Gasteiger partial charge in [-0.2, -0.15) is 5.10 Å². The van der Waals surface area contributed by atoms with Crippen molar-refractivity contribution in [2.45, 2.75) is 57.6 Å². The van der Waals surface area contributed by atoms with E-state index in [2.05, 4.69) is 23.4 Å². The summed E-state index contributed by atoms with van der Waals surface area (Å²) in [6.07, 6.45) is 9.42. The second kappa shape index (κ2) is 7.65. The molecule has 1 fully saturated rings. The lowest BCUT2D eigenvalue weighted by Crippen LogP contribution is -2.35. The lowest BCUT2D eigenvalue weighted by molar-refractivity contribution is 0.0237. The van der Waals surface area contributed by atoms with E-state index in [0.717, 1.165) is 25.6 Å². The van der Waals surface area contributed by atoms with Gasteiger partial charge in [-0.25, -0.2) is 0 Å². The SMILES string of the molecule is CCCNC1CCC(OCCc2ccnn2C)CC1. The molecule has 0 bridgehead atoms. The number of nitrogens with zero attached hydrogens (tertiary/aromatic N) is 2. The minimum Gasteiger partial charge on any atom is -0.378 e. The summed E-state index contributed by atoms with van der Waals surface area (Å²) in [5.41, 5.74) is 1.25. The molecule has 0 amide bonds. The second-order valence-corrected chi connectivity index (χ2v) is 5.49. The molecule has 1 aliphatic carbocycles. The summed E-state index contributed by atoms with van der Waals surface area (Å²) < 4.78 is 7.92. The monoisotopic (exact) mass is 265 g/mol. The Morgan fingerprint density at radius 3 is 2.79 bits per heavy atom. The van der Waals surface area contributed by atoms with Crippen LogP contribution in [0.2, 0.25) is 0 Å². The smallest absolute Gasteiger partial charge is 0.0576 e. The van der Waals surface area contributed by atoms with E-state index in [-0.39, 0.29) is 0 Å². The van der Waals surface area contributed by atoms with Crippen molar-refractivity contribution in [3.8, 4) is 0 Å². The van der Waals surface area contributed by atoms with Crippen LogP contribution in [-0.4, -0.2) is 35.1 Å². The minimum absolute atomic E-state index is 0.466. The Balaban J connectivity index is 1.59. The third-order valence-corrected chi connectivity index (χ3v) is 3.99. The molecule has 2 rings (SSSR count). The Hall–Kier alpha value is -0.870. The second-order valence-electron chi connectivity index (χ2n) is 5.49. The highest BCUT2D eigenvalue weighted by molar-refractivity contribution is 4.99. The van der Waals surface area contributed by atoms with Crippen LogP contribution in [0.15, 0.2) is 12.3 Å². The summed E-state index contributed by atoms with van der Waals surface area (Å²) in [5.74, 6) is 0. The van der Waals surface area contributed by atoms with Crippen LogP contribution in [-0.2, 0) is 18.2 Å². The fraction of sp³-hybridized carbons (Fsp3) is 0.800. The van der Waals surface area contributed by atoms with Gasteiger partial charge in [0.2, 0.25) is 0 Å². The highest BCUT2D eigenvalue weighted by Gasteiger charge is 2.20. The van der Waals surface area contributed by atoms with E-state index in [1.807, 2.05) is 17.9 Å². The zero-order valence-electron chi connectivity index (χ0n) is 12.3. The minimum atomic E-state index is 0.466. The molecule has 1 aliphatic rings. The molecule has 0 atom stereocenters. The summed E-state index contributed by atoms with van der Waals surface area (Å²) in [6, 6.07) is 2.78. The largest absolute Gasteiger partial charge is 0.378 e. The molecule has 19 heavy (non-hydrogen) atoms. The molecular formula is C15H27N3O. The van der Waals surface area contributed by atoms with Gasteiger partial charge in [0.15, 0.2) is 0 Å². The molecule has 1 heterocycles. The van der Waals surface area contributed by atoms with Crippen LogP contribution in [0.4, 0.5) is 0 Å². The molecule has 0 aromatic carbocycles. The van der Waals surface area contributed by atoms with Crippen molar-refractivity contribution < 1.29 is 4.74 Å². The number of rotatable bonds is 7. The van der Waals surface area contributed by atoms with Gasteiger partial charge in [-0.3, -0.25) is 4.68 Å². The molecule has 4 nitrogen and oxygen atoms in total. The summed E-state index contributed by atoms with van der Waals surface area (Å²) in [4.78, 5) is 0. The van der Waals surface area contributed by atoms with E-state index in [1.165, 1.54) is 37.8 Å². The van der Waals surface area contributed by atoms with Crippen molar-refractivity contribution in [1.29, 1.82) is 0 Å². The van der Waals surface area contributed by atoms with Crippen LogP contribution in [0.1, 0.15) is 44.7 Å². The average Bonchev–Trinajstić information content (AvgIpc) is 2.84. The van der Waals surface area contributed by atoms with Crippen LogP contribution in [0.3, 0.4) is 0 Å². The van der Waals surface area contributed by atoms with Crippen molar-refractivity contribution in [1.82, 2.24) is 15.1 Å². The third kappa shape index (κ3) is 4.62. The molecule has 0 saturated heterocycles. The number of ether oxygens (including phenoxy) is 1. The van der Waals surface area contributed by atoms with Gasteiger partial charge in [0.25, 0.3) is 0 Å². The van der Waals surface area contributed by atoms with Gasteiger partial charge < -0.3 is 10.1 Å². The first-order valence-electron chi connectivity index (χ1n) is 7.61. The maximum Gasteiger partial charge on any atom is 0.0576 e. The Kier molecular flexibility index (Phi) is 5.86. The van der Waals surface area contributed by atoms with Crippen LogP contribution < -0.4 is 5.32 Å². The Bertz CT molecular complexity index is 356. The van der Waals surface area contributed by atoms with Crippen molar-refractivity contribution in [3.63, 3.8) is 0 Å². The Morgan fingerprint density at radius 2 is 2.16 bits per heavy atom. The normalized spacial score (nSPS) is 23.7. The molecule has 4 heteroatoms. The molecular weight excluding hydrogens is 238 g/mol.